The van der Waals surface area contributed by atoms with Crippen LogP contribution in [0, 0.1) is 0 Å². The van der Waals surface area contributed by atoms with Crippen molar-refractivity contribution in [3.05, 3.63) is 11.8 Å². The molecule has 1 aromatic heterocycles. The summed E-state index contributed by atoms with van der Waals surface area (Å²) in [5.74, 6) is 3.33. The molecule has 6 heteroatoms. The van der Waals surface area contributed by atoms with Crippen molar-refractivity contribution in [1.82, 2.24) is 9.97 Å². The minimum atomic E-state index is 0.139. The van der Waals surface area contributed by atoms with E-state index in [9.17, 15) is 0 Å². The highest BCUT2D eigenvalue weighted by Gasteiger charge is 2.14. The van der Waals surface area contributed by atoms with E-state index in [1.54, 1.807) is 11.8 Å². The molecule has 0 aromatic carbocycles. The highest BCUT2D eigenvalue weighted by atomic mass is 32.2. The maximum atomic E-state index is 9.00. The van der Waals surface area contributed by atoms with Crippen molar-refractivity contribution < 1.29 is 5.11 Å². The summed E-state index contributed by atoms with van der Waals surface area (Å²) in [4.78, 5) is 11.2. The first kappa shape index (κ1) is 13.0. The van der Waals surface area contributed by atoms with Gasteiger partial charge in [-0.05, 0) is 6.26 Å². The van der Waals surface area contributed by atoms with Crippen LogP contribution in [0.15, 0.2) is 11.2 Å². The van der Waals surface area contributed by atoms with Crippen LogP contribution in [0.4, 0.5) is 5.82 Å². The SMILES string of the molecule is CSc1nc(CCO)cc(N2CCSCC2)n1. The zero-order valence-electron chi connectivity index (χ0n) is 9.93. The lowest BCUT2D eigenvalue weighted by atomic mass is 10.3. The first-order valence-corrected chi connectivity index (χ1v) is 8.07. The Morgan fingerprint density at radius 1 is 1.41 bits per heavy atom. The zero-order chi connectivity index (χ0) is 12.1. The van der Waals surface area contributed by atoms with E-state index in [1.807, 2.05) is 24.1 Å². The maximum absolute atomic E-state index is 9.00. The Labute approximate surface area is 110 Å². The molecule has 4 nitrogen and oxygen atoms in total. The largest absolute Gasteiger partial charge is 0.396 e. The van der Waals surface area contributed by atoms with Crippen molar-refractivity contribution in [3.63, 3.8) is 0 Å². The van der Waals surface area contributed by atoms with E-state index >= 15 is 0 Å². The van der Waals surface area contributed by atoms with Gasteiger partial charge in [0.25, 0.3) is 0 Å². The van der Waals surface area contributed by atoms with Crippen LogP contribution in [0.2, 0.25) is 0 Å². The predicted octanol–water partition coefficient (Wildman–Crippen LogP) is 1.29. The first-order chi connectivity index (χ1) is 8.33. The van der Waals surface area contributed by atoms with Crippen LogP contribution in [-0.2, 0) is 6.42 Å². The number of thioether (sulfide) groups is 2. The van der Waals surface area contributed by atoms with Crippen LogP contribution in [0.5, 0.6) is 0 Å². The summed E-state index contributed by atoms with van der Waals surface area (Å²) >= 11 is 3.54. The quantitative estimate of drug-likeness (QED) is 0.658. The van der Waals surface area contributed by atoms with Crippen LogP contribution in [-0.4, -0.2) is 52.5 Å². The number of rotatable bonds is 4. The molecule has 0 aliphatic carbocycles. The molecule has 1 aromatic rings. The van der Waals surface area contributed by atoms with Crippen LogP contribution in [0.3, 0.4) is 0 Å². The van der Waals surface area contributed by atoms with Gasteiger partial charge in [0.1, 0.15) is 5.82 Å². The van der Waals surface area contributed by atoms with E-state index in [0.717, 1.165) is 41.3 Å². The van der Waals surface area contributed by atoms with Gasteiger partial charge in [-0.2, -0.15) is 11.8 Å². The van der Waals surface area contributed by atoms with Gasteiger partial charge in [0.05, 0.1) is 0 Å². The Balaban J connectivity index is 2.21. The van der Waals surface area contributed by atoms with Crippen molar-refractivity contribution in [2.24, 2.45) is 0 Å². The molecule has 0 saturated carbocycles. The summed E-state index contributed by atoms with van der Waals surface area (Å²) < 4.78 is 0. The van der Waals surface area contributed by atoms with Crippen LogP contribution in [0.1, 0.15) is 5.69 Å². The summed E-state index contributed by atoms with van der Waals surface area (Å²) in [5.41, 5.74) is 0.931. The Morgan fingerprint density at radius 2 is 2.18 bits per heavy atom. The van der Waals surface area contributed by atoms with Crippen LogP contribution in [0.25, 0.3) is 0 Å². The standard InChI is InChI=1S/C11H17N3OS2/c1-16-11-12-9(2-5-15)8-10(13-11)14-3-6-17-7-4-14/h8,15H,2-7H2,1H3. The fraction of sp³-hybridized carbons (Fsp3) is 0.636. The Morgan fingerprint density at radius 3 is 2.82 bits per heavy atom. The van der Waals surface area contributed by atoms with E-state index < -0.39 is 0 Å². The second kappa shape index (κ2) is 6.47. The molecule has 0 unspecified atom stereocenters. The molecular weight excluding hydrogens is 254 g/mol. The van der Waals surface area contributed by atoms with Crippen molar-refractivity contribution in [2.75, 3.05) is 42.4 Å². The number of hydrogen-bond acceptors (Lipinski definition) is 6. The highest BCUT2D eigenvalue weighted by Crippen LogP contribution is 2.21. The molecule has 94 valence electrons. The predicted molar refractivity (Wildman–Crippen MR) is 74.1 cm³/mol. The molecule has 0 atom stereocenters. The monoisotopic (exact) mass is 271 g/mol. The summed E-state index contributed by atoms with van der Waals surface area (Å²) in [6, 6.07) is 2.01. The molecule has 0 radical (unpaired) electrons. The smallest absolute Gasteiger partial charge is 0.189 e. The number of nitrogens with zero attached hydrogens (tertiary/aromatic N) is 3. The van der Waals surface area contributed by atoms with Gasteiger partial charge in [-0.25, -0.2) is 9.97 Å². The van der Waals surface area contributed by atoms with Gasteiger partial charge in [-0.15, -0.1) is 0 Å². The van der Waals surface area contributed by atoms with Crippen molar-refractivity contribution in [3.8, 4) is 0 Å². The van der Waals surface area contributed by atoms with E-state index in [1.165, 1.54) is 0 Å². The third-order valence-corrected chi connectivity index (χ3v) is 4.12. The minimum Gasteiger partial charge on any atom is -0.396 e. The molecule has 2 heterocycles. The topological polar surface area (TPSA) is 49.3 Å². The maximum Gasteiger partial charge on any atom is 0.189 e. The average Bonchev–Trinajstić information content (AvgIpc) is 2.40. The molecule has 2 rings (SSSR count). The summed E-state index contributed by atoms with van der Waals surface area (Å²) in [6.07, 6.45) is 2.58. The van der Waals surface area contributed by atoms with Gasteiger partial charge in [-0.1, -0.05) is 11.8 Å². The number of aliphatic hydroxyl groups is 1. The summed E-state index contributed by atoms with van der Waals surface area (Å²) in [7, 11) is 0. The highest BCUT2D eigenvalue weighted by molar-refractivity contribution is 7.99. The Kier molecular flexibility index (Phi) is 4.94. The zero-order valence-corrected chi connectivity index (χ0v) is 11.6. The molecule has 1 aliphatic rings. The van der Waals surface area contributed by atoms with Gasteiger partial charge in [0.15, 0.2) is 5.16 Å². The lowest BCUT2D eigenvalue weighted by molar-refractivity contribution is 0.298. The molecule has 17 heavy (non-hydrogen) atoms. The van der Waals surface area contributed by atoms with Crippen molar-refractivity contribution >= 4 is 29.3 Å². The second-order valence-corrected chi connectivity index (χ2v) is 5.78. The van der Waals surface area contributed by atoms with E-state index in [-0.39, 0.29) is 6.61 Å². The fourth-order valence-corrected chi connectivity index (χ4v) is 3.04. The van der Waals surface area contributed by atoms with E-state index in [2.05, 4.69) is 14.9 Å². The Bertz CT molecular complexity index is 370. The summed E-state index contributed by atoms with van der Waals surface area (Å²) in [6.45, 7) is 2.24. The fourth-order valence-electron chi connectivity index (χ4n) is 1.75. The van der Waals surface area contributed by atoms with Crippen LogP contribution < -0.4 is 4.90 Å². The summed E-state index contributed by atoms with van der Waals surface area (Å²) in [5, 5.41) is 9.80. The van der Waals surface area contributed by atoms with Gasteiger partial charge >= 0.3 is 0 Å². The van der Waals surface area contributed by atoms with Gasteiger partial charge < -0.3 is 10.0 Å². The van der Waals surface area contributed by atoms with E-state index in [0.29, 0.717) is 6.42 Å². The molecule has 1 N–H and O–H groups in total. The third-order valence-electron chi connectivity index (χ3n) is 2.63. The molecule has 0 spiro atoms. The van der Waals surface area contributed by atoms with Crippen molar-refractivity contribution in [2.45, 2.75) is 11.6 Å². The van der Waals surface area contributed by atoms with Crippen molar-refractivity contribution in [1.29, 1.82) is 0 Å². The lowest BCUT2D eigenvalue weighted by Gasteiger charge is -2.27. The Hall–Kier alpha value is -0.460. The molecule has 0 bridgehead atoms. The number of aromatic nitrogens is 2. The first-order valence-electron chi connectivity index (χ1n) is 5.69. The number of anilines is 1. The second-order valence-electron chi connectivity index (χ2n) is 3.78. The average molecular weight is 271 g/mol. The van der Waals surface area contributed by atoms with Gasteiger partial charge in [0, 0.05) is 49.4 Å². The lowest BCUT2D eigenvalue weighted by Crippen LogP contribution is -2.33. The minimum absolute atomic E-state index is 0.139. The van der Waals surface area contributed by atoms with Crippen LogP contribution >= 0.6 is 23.5 Å². The molecule has 1 saturated heterocycles. The van der Waals surface area contributed by atoms with Gasteiger partial charge in [0.2, 0.25) is 0 Å². The number of aliphatic hydroxyl groups excluding tert-OH is 1. The number of hydrogen-bond donors (Lipinski definition) is 1. The van der Waals surface area contributed by atoms with E-state index in [4.69, 9.17) is 5.11 Å². The normalized spacial score (nSPS) is 16.2. The molecular formula is C11H17N3OS2. The molecule has 1 aliphatic heterocycles. The van der Waals surface area contributed by atoms with Gasteiger partial charge in [-0.3, -0.25) is 0 Å². The third kappa shape index (κ3) is 3.50. The molecule has 0 amide bonds. The molecule has 1 fully saturated rings.